The van der Waals surface area contributed by atoms with E-state index >= 15 is 0 Å². The molecule has 96 valence electrons. The molecule has 1 aromatic rings. The Morgan fingerprint density at radius 1 is 1.44 bits per heavy atom. The Bertz CT molecular complexity index is 577. The van der Waals surface area contributed by atoms with Crippen LogP contribution in [0.15, 0.2) is 29.2 Å². The Morgan fingerprint density at radius 2 is 2.17 bits per heavy atom. The van der Waals surface area contributed by atoms with Gasteiger partial charge in [-0.1, -0.05) is 12.1 Å². The lowest BCUT2D eigenvalue weighted by Crippen LogP contribution is -2.30. The number of rotatable bonds is 3. The van der Waals surface area contributed by atoms with Gasteiger partial charge in [-0.2, -0.15) is 9.57 Å². The van der Waals surface area contributed by atoms with Crippen LogP contribution in [-0.4, -0.2) is 39.0 Å². The molecule has 0 aliphatic carbocycles. The largest absolute Gasteiger partial charge is 0.380 e. The minimum absolute atomic E-state index is 0.0611. The summed E-state index contributed by atoms with van der Waals surface area (Å²) in [5.41, 5.74) is 0.179. The van der Waals surface area contributed by atoms with E-state index in [0.29, 0.717) is 19.5 Å². The zero-order chi connectivity index (χ0) is 13.2. The Kier molecular flexibility index (Phi) is 3.66. The van der Waals surface area contributed by atoms with Gasteiger partial charge in [-0.15, -0.1) is 0 Å². The predicted octanol–water partition coefficient (Wildman–Crippen LogP) is 0.968. The highest BCUT2D eigenvalue weighted by Crippen LogP contribution is 2.24. The number of methoxy groups -OCH3 is 1. The quantitative estimate of drug-likeness (QED) is 0.817. The molecule has 1 unspecified atom stereocenters. The van der Waals surface area contributed by atoms with Gasteiger partial charge in [0.25, 0.3) is 0 Å². The van der Waals surface area contributed by atoms with Gasteiger partial charge in [0.05, 0.1) is 16.6 Å². The molecule has 0 spiro atoms. The average molecular weight is 266 g/mol. The lowest BCUT2D eigenvalue weighted by Gasteiger charge is -2.16. The maximum absolute atomic E-state index is 12.4. The van der Waals surface area contributed by atoms with Crippen molar-refractivity contribution in [3.05, 3.63) is 29.8 Å². The number of ether oxygens (including phenoxy) is 1. The van der Waals surface area contributed by atoms with Crippen LogP contribution < -0.4 is 0 Å². The van der Waals surface area contributed by atoms with Gasteiger partial charge in [0.1, 0.15) is 6.07 Å². The average Bonchev–Trinajstić information content (AvgIpc) is 2.88. The molecular formula is C12H14N2O3S. The first-order valence-electron chi connectivity index (χ1n) is 5.61. The fourth-order valence-corrected chi connectivity index (χ4v) is 3.66. The minimum Gasteiger partial charge on any atom is -0.380 e. The Labute approximate surface area is 107 Å². The third kappa shape index (κ3) is 2.25. The summed E-state index contributed by atoms with van der Waals surface area (Å²) in [4.78, 5) is 0.0734. The van der Waals surface area contributed by atoms with E-state index in [1.165, 1.54) is 16.4 Å². The Hall–Kier alpha value is -1.42. The van der Waals surface area contributed by atoms with Gasteiger partial charge in [-0.25, -0.2) is 8.42 Å². The summed E-state index contributed by atoms with van der Waals surface area (Å²) in [6.07, 6.45) is 0.624. The van der Waals surface area contributed by atoms with Crippen molar-refractivity contribution >= 4 is 10.0 Å². The zero-order valence-corrected chi connectivity index (χ0v) is 10.9. The topological polar surface area (TPSA) is 70.4 Å². The van der Waals surface area contributed by atoms with Crippen molar-refractivity contribution < 1.29 is 13.2 Å². The van der Waals surface area contributed by atoms with Crippen LogP contribution in [0.25, 0.3) is 0 Å². The molecule has 0 radical (unpaired) electrons. The van der Waals surface area contributed by atoms with Crippen LogP contribution in [0.3, 0.4) is 0 Å². The van der Waals surface area contributed by atoms with Crippen LogP contribution in [-0.2, 0) is 14.8 Å². The molecule has 1 atom stereocenters. The Balaban J connectivity index is 2.35. The van der Waals surface area contributed by atoms with Gasteiger partial charge in [-0.05, 0) is 18.6 Å². The van der Waals surface area contributed by atoms with Crippen molar-refractivity contribution in [2.75, 3.05) is 20.2 Å². The number of nitriles is 1. The lowest BCUT2D eigenvalue weighted by molar-refractivity contribution is 0.115. The molecule has 2 rings (SSSR count). The van der Waals surface area contributed by atoms with E-state index in [2.05, 4.69) is 0 Å². The number of hydrogen-bond donors (Lipinski definition) is 0. The predicted molar refractivity (Wildman–Crippen MR) is 65.3 cm³/mol. The van der Waals surface area contributed by atoms with Crippen molar-refractivity contribution in [1.82, 2.24) is 4.31 Å². The van der Waals surface area contributed by atoms with Crippen LogP contribution in [0, 0.1) is 11.3 Å². The van der Waals surface area contributed by atoms with Gasteiger partial charge in [0.2, 0.25) is 10.0 Å². The SMILES string of the molecule is COC1CCN(S(=O)(=O)c2ccccc2C#N)C1. The second kappa shape index (κ2) is 5.06. The molecule has 18 heavy (non-hydrogen) atoms. The molecule has 1 aliphatic rings. The summed E-state index contributed by atoms with van der Waals surface area (Å²) in [7, 11) is -2.02. The third-order valence-electron chi connectivity index (χ3n) is 3.07. The summed E-state index contributed by atoms with van der Waals surface area (Å²) in [6, 6.07) is 8.17. The second-order valence-corrected chi connectivity index (χ2v) is 6.02. The fraction of sp³-hybridized carbons (Fsp3) is 0.417. The van der Waals surface area contributed by atoms with Crippen LogP contribution in [0.4, 0.5) is 0 Å². The van der Waals surface area contributed by atoms with Gasteiger partial charge < -0.3 is 4.74 Å². The molecule has 6 heteroatoms. The van der Waals surface area contributed by atoms with Crippen molar-refractivity contribution in [2.45, 2.75) is 17.4 Å². The minimum atomic E-state index is -3.59. The summed E-state index contributed by atoms with van der Waals surface area (Å²) >= 11 is 0. The molecule has 0 saturated carbocycles. The van der Waals surface area contributed by atoms with Crippen molar-refractivity contribution in [3.8, 4) is 6.07 Å². The second-order valence-electron chi connectivity index (χ2n) is 4.12. The van der Waals surface area contributed by atoms with Gasteiger partial charge >= 0.3 is 0 Å². The molecule has 0 N–H and O–H groups in total. The third-order valence-corrected chi connectivity index (χ3v) is 4.99. The zero-order valence-electron chi connectivity index (χ0n) is 10.0. The van der Waals surface area contributed by atoms with Crippen LogP contribution in [0.2, 0.25) is 0 Å². The normalized spacial score (nSPS) is 20.8. The molecule has 1 aliphatic heterocycles. The van der Waals surface area contributed by atoms with Crippen molar-refractivity contribution in [3.63, 3.8) is 0 Å². The molecule has 1 saturated heterocycles. The van der Waals surface area contributed by atoms with E-state index in [1.807, 2.05) is 6.07 Å². The first kappa shape index (κ1) is 13.0. The highest BCUT2D eigenvalue weighted by atomic mass is 32.2. The maximum atomic E-state index is 12.4. The van der Waals surface area contributed by atoms with E-state index in [9.17, 15) is 8.42 Å². The van der Waals surface area contributed by atoms with Gasteiger partial charge in [0, 0.05) is 20.2 Å². The number of benzene rings is 1. The van der Waals surface area contributed by atoms with E-state index in [4.69, 9.17) is 10.00 Å². The molecule has 0 bridgehead atoms. The molecule has 0 aromatic heterocycles. The number of nitrogens with zero attached hydrogens (tertiary/aromatic N) is 2. The maximum Gasteiger partial charge on any atom is 0.244 e. The first-order valence-corrected chi connectivity index (χ1v) is 7.05. The highest BCUT2D eigenvalue weighted by Gasteiger charge is 2.33. The summed E-state index contributed by atoms with van der Waals surface area (Å²) in [5.74, 6) is 0. The van der Waals surface area contributed by atoms with E-state index < -0.39 is 10.0 Å². The van der Waals surface area contributed by atoms with Crippen molar-refractivity contribution in [2.24, 2.45) is 0 Å². The van der Waals surface area contributed by atoms with Gasteiger partial charge in [-0.3, -0.25) is 0 Å². The van der Waals surface area contributed by atoms with E-state index in [0.717, 1.165) is 0 Å². The van der Waals surface area contributed by atoms with Crippen LogP contribution >= 0.6 is 0 Å². The van der Waals surface area contributed by atoms with E-state index in [1.54, 1.807) is 19.2 Å². The Morgan fingerprint density at radius 3 is 2.78 bits per heavy atom. The van der Waals surface area contributed by atoms with E-state index in [-0.39, 0.29) is 16.6 Å². The van der Waals surface area contributed by atoms with Crippen LogP contribution in [0.1, 0.15) is 12.0 Å². The monoisotopic (exact) mass is 266 g/mol. The molecule has 1 fully saturated rings. The van der Waals surface area contributed by atoms with Crippen molar-refractivity contribution in [1.29, 1.82) is 5.26 Å². The summed E-state index contributed by atoms with van der Waals surface area (Å²) in [5, 5.41) is 8.97. The molecule has 0 amide bonds. The molecule has 1 heterocycles. The standard InChI is InChI=1S/C12H14N2O3S/c1-17-11-6-7-14(9-11)18(15,16)12-5-3-2-4-10(12)8-13/h2-5,11H,6-7,9H2,1H3. The smallest absolute Gasteiger partial charge is 0.244 e. The fourth-order valence-electron chi connectivity index (χ4n) is 2.03. The molecular weight excluding hydrogens is 252 g/mol. The first-order chi connectivity index (χ1) is 8.59. The molecule has 5 nitrogen and oxygen atoms in total. The van der Waals surface area contributed by atoms with Gasteiger partial charge in [0.15, 0.2) is 0 Å². The number of hydrogen-bond acceptors (Lipinski definition) is 4. The summed E-state index contributed by atoms with van der Waals surface area (Å²) < 4.78 is 31.3. The molecule has 1 aromatic carbocycles. The number of sulfonamides is 1. The van der Waals surface area contributed by atoms with Crippen LogP contribution in [0.5, 0.6) is 0 Å². The summed E-state index contributed by atoms with van der Waals surface area (Å²) in [6.45, 7) is 0.777. The highest BCUT2D eigenvalue weighted by molar-refractivity contribution is 7.89. The lowest BCUT2D eigenvalue weighted by atomic mass is 10.2.